The van der Waals surface area contributed by atoms with E-state index in [0.717, 1.165) is 15.7 Å². The van der Waals surface area contributed by atoms with Crippen molar-refractivity contribution in [3.8, 4) is 0 Å². The molecule has 4 nitrogen and oxygen atoms in total. The summed E-state index contributed by atoms with van der Waals surface area (Å²) in [7, 11) is 0. The molecular formula is C14H8BrFINO3. The lowest BCUT2D eigenvalue weighted by Crippen LogP contribution is -2.13. The Morgan fingerprint density at radius 2 is 1.86 bits per heavy atom. The van der Waals surface area contributed by atoms with E-state index in [2.05, 4.69) is 43.8 Å². The molecule has 2 rings (SSSR count). The lowest BCUT2D eigenvalue weighted by Gasteiger charge is -2.08. The quantitative estimate of drug-likeness (QED) is 0.672. The minimum atomic E-state index is -1.36. The normalized spacial score (nSPS) is 10.2. The molecule has 0 bridgehead atoms. The van der Waals surface area contributed by atoms with Crippen LogP contribution in [0, 0.1) is 9.39 Å². The number of nitrogens with one attached hydrogen (secondary N) is 1. The second-order valence-electron chi connectivity index (χ2n) is 4.08. The van der Waals surface area contributed by atoms with Gasteiger partial charge in [0.15, 0.2) is 0 Å². The van der Waals surface area contributed by atoms with Crippen molar-refractivity contribution in [3.05, 3.63) is 61.4 Å². The molecule has 1 amide bonds. The Labute approximate surface area is 141 Å². The first-order valence-electron chi connectivity index (χ1n) is 5.67. The maximum atomic E-state index is 13.6. The number of carboxylic acid groups (broad SMARTS) is 1. The number of benzene rings is 2. The van der Waals surface area contributed by atoms with Gasteiger partial charge in [-0.05, 0) is 74.9 Å². The van der Waals surface area contributed by atoms with Gasteiger partial charge >= 0.3 is 5.97 Å². The van der Waals surface area contributed by atoms with Gasteiger partial charge in [-0.3, -0.25) is 4.79 Å². The van der Waals surface area contributed by atoms with E-state index < -0.39 is 23.3 Å². The fraction of sp³-hybridized carbons (Fsp3) is 0. The van der Waals surface area contributed by atoms with Crippen LogP contribution in [0.15, 0.2) is 40.9 Å². The Kier molecular flexibility index (Phi) is 4.94. The molecule has 0 aliphatic heterocycles. The Bertz CT molecular complexity index is 736. The van der Waals surface area contributed by atoms with E-state index in [1.54, 1.807) is 12.1 Å². The van der Waals surface area contributed by atoms with Gasteiger partial charge in [0.2, 0.25) is 0 Å². The molecule has 2 N–H and O–H groups in total. The van der Waals surface area contributed by atoms with Gasteiger partial charge in [-0.15, -0.1) is 0 Å². The van der Waals surface area contributed by atoms with Crippen LogP contribution >= 0.6 is 38.5 Å². The second-order valence-corrected chi connectivity index (χ2v) is 6.18. The van der Waals surface area contributed by atoms with Crippen molar-refractivity contribution in [1.29, 1.82) is 0 Å². The summed E-state index contributed by atoms with van der Waals surface area (Å²) in [4.78, 5) is 22.9. The Morgan fingerprint density at radius 3 is 2.48 bits per heavy atom. The van der Waals surface area contributed by atoms with Crippen molar-refractivity contribution in [3.63, 3.8) is 0 Å². The Balaban J connectivity index is 2.26. The maximum absolute atomic E-state index is 13.6. The van der Waals surface area contributed by atoms with Crippen molar-refractivity contribution in [2.24, 2.45) is 0 Å². The predicted molar refractivity (Wildman–Crippen MR) is 88.2 cm³/mol. The molecule has 0 aromatic heterocycles. The van der Waals surface area contributed by atoms with Crippen LogP contribution < -0.4 is 5.32 Å². The summed E-state index contributed by atoms with van der Waals surface area (Å²) in [5.41, 5.74) is 0.154. The van der Waals surface area contributed by atoms with E-state index in [4.69, 9.17) is 5.11 Å². The largest absolute Gasteiger partial charge is 0.478 e. The number of aromatic carboxylic acids is 1. The molecular weight excluding hydrogens is 456 g/mol. The third-order valence-corrected chi connectivity index (χ3v) is 3.99. The molecule has 0 saturated heterocycles. The number of amides is 1. The summed E-state index contributed by atoms with van der Waals surface area (Å²) in [6.45, 7) is 0. The van der Waals surface area contributed by atoms with E-state index in [0.29, 0.717) is 10.0 Å². The van der Waals surface area contributed by atoms with Crippen molar-refractivity contribution < 1.29 is 19.1 Å². The van der Waals surface area contributed by atoms with Gasteiger partial charge in [0, 0.05) is 13.7 Å². The topological polar surface area (TPSA) is 66.4 Å². The molecule has 0 radical (unpaired) electrons. The number of hydrogen-bond donors (Lipinski definition) is 2. The fourth-order valence-electron chi connectivity index (χ4n) is 1.64. The first-order chi connectivity index (χ1) is 9.88. The maximum Gasteiger partial charge on any atom is 0.338 e. The van der Waals surface area contributed by atoms with Gasteiger partial charge in [-0.2, -0.15) is 0 Å². The van der Waals surface area contributed by atoms with Crippen molar-refractivity contribution in [1.82, 2.24) is 0 Å². The van der Waals surface area contributed by atoms with Crippen molar-refractivity contribution >= 4 is 56.1 Å². The molecule has 0 saturated carbocycles. The molecule has 2 aromatic rings. The standard InChI is InChI=1S/C14H8BrFINO3/c15-11-4-1-7(17)5-10(11)13(19)18-8-2-3-9(14(20)21)12(16)6-8/h1-6H,(H,18,19)(H,20,21). The number of hydrogen-bond acceptors (Lipinski definition) is 2. The molecule has 0 atom stereocenters. The van der Waals surface area contributed by atoms with Gasteiger partial charge in [0.25, 0.3) is 5.91 Å². The van der Waals surface area contributed by atoms with Crippen molar-refractivity contribution in [2.75, 3.05) is 5.32 Å². The zero-order valence-corrected chi connectivity index (χ0v) is 14.1. The van der Waals surface area contributed by atoms with E-state index in [1.165, 1.54) is 6.07 Å². The zero-order chi connectivity index (χ0) is 15.6. The highest BCUT2D eigenvalue weighted by molar-refractivity contribution is 14.1. The smallest absolute Gasteiger partial charge is 0.338 e. The molecule has 0 heterocycles. The SMILES string of the molecule is O=C(O)c1ccc(NC(=O)c2cc(I)ccc2Br)cc1F. The number of carbonyl (C=O) groups is 2. The predicted octanol–water partition coefficient (Wildman–Crippen LogP) is 4.14. The van der Waals surface area contributed by atoms with Gasteiger partial charge in [0.1, 0.15) is 5.82 Å². The van der Waals surface area contributed by atoms with Crippen LogP contribution in [0.4, 0.5) is 10.1 Å². The summed E-state index contributed by atoms with van der Waals surface area (Å²) in [6.07, 6.45) is 0. The summed E-state index contributed by atoms with van der Waals surface area (Å²) >= 11 is 5.35. The number of anilines is 1. The van der Waals surface area contributed by atoms with Crippen LogP contribution in [0.3, 0.4) is 0 Å². The second kappa shape index (κ2) is 6.52. The van der Waals surface area contributed by atoms with Crippen LogP contribution in [-0.4, -0.2) is 17.0 Å². The van der Waals surface area contributed by atoms with Gasteiger partial charge in [-0.1, -0.05) is 0 Å². The monoisotopic (exact) mass is 463 g/mol. The number of carbonyl (C=O) groups excluding carboxylic acids is 1. The summed E-state index contributed by atoms with van der Waals surface area (Å²) < 4.78 is 15.1. The van der Waals surface area contributed by atoms with E-state index in [9.17, 15) is 14.0 Å². The summed E-state index contributed by atoms with van der Waals surface area (Å²) in [5.74, 6) is -2.67. The van der Waals surface area contributed by atoms with Gasteiger partial charge in [0.05, 0.1) is 11.1 Å². The summed E-state index contributed by atoms with van der Waals surface area (Å²) in [6, 6.07) is 8.68. The third kappa shape index (κ3) is 3.79. The molecule has 0 fully saturated rings. The van der Waals surface area contributed by atoms with Crippen LogP contribution in [-0.2, 0) is 0 Å². The zero-order valence-electron chi connectivity index (χ0n) is 10.4. The Morgan fingerprint density at radius 1 is 1.14 bits per heavy atom. The van der Waals surface area contributed by atoms with E-state index >= 15 is 0 Å². The minimum absolute atomic E-state index is 0.188. The Hall–Kier alpha value is -1.48. The fourth-order valence-corrected chi connectivity index (χ4v) is 2.55. The molecule has 0 unspecified atom stereocenters. The van der Waals surface area contributed by atoms with Crippen LogP contribution in [0.2, 0.25) is 0 Å². The highest BCUT2D eigenvalue weighted by Gasteiger charge is 2.14. The van der Waals surface area contributed by atoms with Crippen LogP contribution in [0.1, 0.15) is 20.7 Å². The number of halogens is 3. The first kappa shape index (κ1) is 15.9. The van der Waals surface area contributed by atoms with Crippen LogP contribution in [0.5, 0.6) is 0 Å². The van der Waals surface area contributed by atoms with Gasteiger partial charge in [-0.25, -0.2) is 9.18 Å². The molecule has 7 heteroatoms. The third-order valence-electron chi connectivity index (χ3n) is 2.63. The summed E-state index contributed by atoms with van der Waals surface area (Å²) in [5, 5.41) is 11.3. The average Bonchev–Trinajstić information content (AvgIpc) is 2.41. The number of rotatable bonds is 3. The number of carboxylic acids is 1. The lowest BCUT2D eigenvalue weighted by atomic mass is 10.1. The molecule has 0 aliphatic carbocycles. The molecule has 2 aromatic carbocycles. The average molecular weight is 464 g/mol. The minimum Gasteiger partial charge on any atom is -0.478 e. The van der Waals surface area contributed by atoms with Crippen molar-refractivity contribution in [2.45, 2.75) is 0 Å². The molecule has 21 heavy (non-hydrogen) atoms. The lowest BCUT2D eigenvalue weighted by molar-refractivity contribution is 0.0692. The van der Waals surface area contributed by atoms with E-state index in [-0.39, 0.29) is 5.69 Å². The molecule has 0 aliphatic rings. The molecule has 0 spiro atoms. The highest BCUT2D eigenvalue weighted by atomic mass is 127. The molecule has 108 valence electrons. The van der Waals surface area contributed by atoms with Crippen LogP contribution in [0.25, 0.3) is 0 Å². The first-order valence-corrected chi connectivity index (χ1v) is 7.55. The van der Waals surface area contributed by atoms with Gasteiger partial charge < -0.3 is 10.4 Å². The van der Waals surface area contributed by atoms with E-state index in [1.807, 2.05) is 6.07 Å². The highest BCUT2D eigenvalue weighted by Crippen LogP contribution is 2.21.